The largest absolute Gasteiger partial charge is 0.351 e. The first kappa shape index (κ1) is 14.3. The number of amides is 1. The van der Waals surface area contributed by atoms with Crippen molar-refractivity contribution in [3.8, 4) is 0 Å². The molecule has 0 unspecified atom stereocenters. The molecule has 1 aromatic rings. The molecule has 1 aliphatic rings. The summed E-state index contributed by atoms with van der Waals surface area (Å²) in [5, 5.41) is 3.29. The van der Waals surface area contributed by atoms with Crippen LogP contribution in [0.4, 0.5) is 0 Å². The van der Waals surface area contributed by atoms with E-state index in [2.05, 4.69) is 22.2 Å². The van der Waals surface area contributed by atoms with Crippen molar-refractivity contribution in [1.82, 2.24) is 15.2 Å². The van der Waals surface area contributed by atoms with E-state index in [4.69, 9.17) is 11.6 Å². The summed E-state index contributed by atoms with van der Waals surface area (Å²) in [5.74, 6) is -0.132. The number of halogens is 1. The van der Waals surface area contributed by atoms with Gasteiger partial charge in [-0.25, -0.2) is 0 Å². The van der Waals surface area contributed by atoms with Gasteiger partial charge in [-0.2, -0.15) is 0 Å². The summed E-state index contributed by atoms with van der Waals surface area (Å²) < 4.78 is 0. The number of pyridine rings is 1. The molecule has 19 heavy (non-hydrogen) atoms. The summed E-state index contributed by atoms with van der Waals surface area (Å²) in [6, 6.07) is 2.32. The minimum Gasteiger partial charge on any atom is -0.351 e. The maximum absolute atomic E-state index is 11.9. The maximum Gasteiger partial charge on any atom is 0.252 e. The van der Waals surface area contributed by atoms with Crippen LogP contribution in [0.15, 0.2) is 18.5 Å². The molecule has 0 radical (unpaired) electrons. The minimum absolute atomic E-state index is 0.132. The molecule has 0 saturated heterocycles. The van der Waals surface area contributed by atoms with E-state index in [-0.39, 0.29) is 5.91 Å². The van der Waals surface area contributed by atoms with Gasteiger partial charge in [0.2, 0.25) is 0 Å². The molecule has 1 aliphatic carbocycles. The number of hydrogen-bond donors (Lipinski definition) is 1. The van der Waals surface area contributed by atoms with Gasteiger partial charge in [-0.05, 0) is 26.0 Å². The van der Waals surface area contributed by atoms with Crippen molar-refractivity contribution >= 4 is 17.5 Å². The molecule has 1 aromatic heterocycles. The van der Waals surface area contributed by atoms with Crippen LogP contribution in [0.1, 0.15) is 36.0 Å². The zero-order valence-corrected chi connectivity index (χ0v) is 12.0. The molecular formula is C14H20ClN3O. The lowest BCUT2D eigenvalue weighted by atomic mass is 10.2. The van der Waals surface area contributed by atoms with Gasteiger partial charge in [0.25, 0.3) is 5.91 Å². The lowest BCUT2D eigenvalue weighted by Gasteiger charge is -2.23. The number of carbonyl (C=O) groups is 1. The Kier molecular flexibility index (Phi) is 5.16. The second-order valence-corrected chi connectivity index (χ2v) is 5.44. The molecule has 1 N–H and O–H groups in total. The van der Waals surface area contributed by atoms with Gasteiger partial charge in [0.05, 0.1) is 10.6 Å². The predicted octanol–water partition coefficient (Wildman–Crippen LogP) is 2.34. The molecule has 4 nitrogen and oxygen atoms in total. The van der Waals surface area contributed by atoms with Crippen LogP contribution in [0, 0.1) is 0 Å². The van der Waals surface area contributed by atoms with Crippen molar-refractivity contribution in [2.24, 2.45) is 0 Å². The van der Waals surface area contributed by atoms with Crippen LogP contribution < -0.4 is 5.32 Å². The van der Waals surface area contributed by atoms with Crippen LogP contribution in [-0.4, -0.2) is 42.0 Å². The van der Waals surface area contributed by atoms with Crippen LogP contribution >= 0.6 is 11.6 Å². The van der Waals surface area contributed by atoms with Gasteiger partial charge >= 0.3 is 0 Å². The smallest absolute Gasteiger partial charge is 0.252 e. The molecule has 0 bridgehead atoms. The maximum atomic E-state index is 11.9. The molecule has 1 heterocycles. The number of hydrogen-bond acceptors (Lipinski definition) is 3. The Morgan fingerprint density at radius 2 is 2.26 bits per heavy atom. The summed E-state index contributed by atoms with van der Waals surface area (Å²) in [5.41, 5.74) is 0.486. The molecule has 0 aromatic carbocycles. The van der Waals surface area contributed by atoms with Crippen LogP contribution in [0.25, 0.3) is 0 Å². The fourth-order valence-electron chi connectivity index (χ4n) is 2.53. The number of rotatable bonds is 5. The van der Waals surface area contributed by atoms with E-state index in [1.807, 2.05) is 0 Å². The highest BCUT2D eigenvalue weighted by Gasteiger charge is 2.19. The molecule has 0 atom stereocenters. The summed E-state index contributed by atoms with van der Waals surface area (Å²) >= 11 is 5.93. The molecule has 104 valence electrons. The number of carbonyl (C=O) groups excluding carboxylic acids is 1. The Bertz CT molecular complexity index is 432. The van der Waals surface area contributed by atoms with E-state index < -0.39 is 0 Å². The van der Waals surface area contributed by atoms with E-state index in [9.17, 15) is 4.79 Å². The first-order chi connectivity index (χ1) is 9.18. The number of nitrogens with zero attached hydrogens (tertiary/aromatic N) is 2. The van der Waals surface area contributed by atoms with Gasteiger partial charge in [0.1, 0.15) is 0 Å². The Labute approximate surface area is 119 Å². The van der Waals surface area contributed by atoms with Gasteiger partial charge in [0, 0.05) is 31.5 Å². The van der Waals surface area contributed by atoms with Gasteiger partial charge in [-0.15, -0.1) is 0 Å². The standard InChI is InChI=1S/C14H20ClN3O/c1-18(11-4-2-3-5-11)9-8-17-14(19)12-6-7-16-10-13(12)15/h6-7,10-11H,2-5,8-9H2,1H3,(H,17,19). The number of likely N-dealkylation sites (N-methyl/N-ethyl adjacent to an activating group) is 1. The van der Waals surface area contributed by atoms with Crippen molar-refractivity contribution < 1.29 is 4.79 Å². The molecule has 0 spiro atoms. The minimum atomic E-state index is -0.132. The molecule has 1 amide bonds. The van der Waals surface area contributed by atoms with Crippen molar-refractivity contribution in [3.05, 3.63) is 29.0 Å². The zero-order chi connectivity index (χ0) is 13.7. The lowest BCUT2D eigenvalue weighted by molar-refractivity contribution is 0.0947. The summed E-state index contributed by atoms with van der Waals surface area (Å²) in [7, 11) is 2.13. The van der Waals surface area contributed by atoms with E-state index >= 15 is 0 Å². The van der Waals surface area contributed by atoms with E-state index in [0.29, 0.717) is 23.2 Å². The fraction of sp³-hybridized carbons (Fsp3) is 0.571. The topological polar surface area (TPSA) is 45.2 Å². The van der Waals surface area contributed by atoms with Gasteiger partial charge in [-0.3, -0.25) is 9.78 Å². The second-order valence-electron chi connectivity index (χ2n) is 5.03. The summed E-state index contributed by atoms with van der Waals surface area (Å²) in [6.07, 6.45) is 8.27. The van der Waals surface area contributed by atoms with Crippen LogP contribution in [0.5, 0.6) is 0 Å². The highest BCUT2D eigenvalue weighted by Crippen LogP contribution is 2.21. The normalized spacial score (nSPS) is 15.9. The third-order valence-corrected chi connectivity index (χ3v) is 4.02. The van der Waals surface area contributed by atoms with Crippen LogP contribution in [-0.2, 0) is 0 Å². The quantitative estimate of drug-likeness (QED) is 0.901. The predicted molar refractivity (Wildman–Crippen MR) is 76.5 cm³/mol. The van der Waals surface area contributed by atoms with E-state index in [1.165, 1.54) is 31.9 Å². The SMILES string of the molecule is CN(CCNC(=O)c1ccncc1Cl)C1CCCC1. The molecule has 1 saturated carbocycles. The molecule has 5 heteroatoms. The van der Waals surface area contributed by atoms with Crippen molar-refractivity contribution in [2.45, 2.75) is 31.7 Å². The average molecular weight is 282 g/mol. The van der Waals surface area contributed by atoms with E-state index in [1.54, 1.807) is 12.3 Å². The van der Waals surface area contributed by atoms with Crippen LogP contribution in [0.3, 0.4) is 0 Å². The molecule has 1 fully saturated rings. The van der Waals surface area contributed by atoms with Crippen molar-refractivity contribution in [3.63, 3.8) is 0 Å². The zero-order valence-electron chi connectivity index (χ0n) is 11.2. The second kappa shape index (κ2) is 6.87. The van der Waals surface area contributed by atoms with Gasteiger partial charge in [0.15, 0.2) is 0 Å². The number of nitrogens with one attached hydrogen (secondary N) is 1. The summed E-state index contributed by atoms with van der Waals surface area (Å²) in [6.45, 7) is 1.52. The third kappa shape index (κ3) is 3.91. The van der Waals surface area contributed by atoms with E-state index in [0.717, 1.165) is 6.54 Å². The first-order valence-electron chi connectivity index (χ1n) is 6.76. The third-order valence-electron chi connectivity index (χ3n) is 3.72. The fourth-order valence-corrected chi connectivity index (χ4v) is 2.73. The Morgan fingerprint density at radius 3 is 2.95 bits per heavy atom. The molecule has 2 rings (SSSR count). The number of aromatic nitrogens is 1. The average Bonchev–Trinajstić information content (AvgIpc) is 2.93. The van der Waals surface area contributed by atoms with Crippen molar-refractivity contribution in [1.29, 1.82) is 0 Å². The Balaban J connectivity index is 1.76. The monoisotopic (exact) mass is 281 g/mol. The molecular weight excluding hydrogens is 262 g/mol. The Morgan fingerprint density at radius 1 is 1.53 bits per heavy atom. The highest BCUT2D eigenvalue weighted by atomic mass is 35.5. The molecule has 0 aliphatic heterocycles. The van der Waals surface area contributed by atoms with Crippen LogP contribution in [0.2, 0.25) is 5.02 Å². The van der Waals surface area contributed by atoms with Gasteiger partial charge < -0.3 is 10.2 Å². The van der Waals surface area contributed by atoms with Crippen molar-refractivity contribution in [2.75, 3.05) is 20.1 Å². The Hall–Kier alpha value is -1.13. The first-order valence-corrected chi connectivity index (χ1v) is 7.14. The van der Waals surface area contributed by atoms with Gasteiger partial charge in [-0.1, -0.05) is 24.4 Å². The highest BCUT2D eigenvalue weighted by molar-refractivity contribution is 6.33. The lowest BCUT2D eigenvalue weighted by Crippen LogP contribution is -2.37. The summed E-state index contributed by atoms with van der Waals surface area (Å²) in [4.78, 5) is 18.1.